The summed E-state index contributed by atoms with van der Waals surface area (Å²) < 4.78 is 6.57. The smallest absolute Gasteiger partial charge is 0.0514 e. The molecule has 0 aliphatic carbocycles. The molecule has 1 heterocycles. The maximum absolute atomic E-state index is 5.41. The molecule has 3 heteroatoms. The summed E-state index contributed by atoms with van der Waals surface area (Å²) in [6.07, 6.45) is 1.17. The van der Waals surface area contributed by atoms with Gasteiger partial charge in [0.2, 0.25) is 0 Å². The van der Waals surface area contributed by atoms with Gasteiger partial charge in [-0.3, -0.25) is 0 Å². The molecule has 1 aliphatic rings. The Morgan fingerprint density at radius 2 is 2.31 bits per heavy atom. The Bertz CT molecular complexity index is 361. The Labute approximate surface area is 106 Å². The normalized spacial score (nSPS) is 22.1. The van der Waals surface area contributed by atoms with Crippen LogP contribution in [0.1, 0.15) is 18.9 Å². The average Bonchev–Trinajstić information content (AvgIpc) is 2.77. The lowest BCUT2D eigenvalue weighted by molar-refractivity contribution is 0.183. The Kier molecular flexibility index (Phi) is 3.87. The van der Waals surface area contributed by atoms with E-state index in [-0.39, 0.29) is 0 Å². The highest BCUT2D eigenvalue weighted by Crippen LogP contribution is 2.24. The van der Waals surface area contributed by atoms with Crippen molar-refractivity contribution in [2.45, 2.75) is 26.3 Å². The van der Waals surface area contributed by atoms with Gasteiger partial charge in [-0.2, -0.15) is 0 Å². The molecule has 0 saturated carbocycles. The minimum Gasteiger partial charge on any atom is -0.382 e. The predicted molar refractivity (Wildman–Crippen MR) is 70.9 cm³/mol. The van der Waals surface area contributed by atoms with Gasteiger partial charge < -0.3 is 10.1 Å². The molecular formula is C13H18BrNO. The van der Waals surface area contributed by atoms with Crippen molar-refractivity contribution in [3.63, 3.8) is 0 Å². The molecule has 2 unspecified atom stereocenters. The maximum atomic E-state index is 5.41. The molecule has 0 aromatic heterocycles. The van der Waals surface area contributed by atoms with Gasteiger partial charge in [0.1, 0.15) is 0 Å². The number of hydrogen-bond donors (Lipinski definition) is 1. The molecule has 1 fully saturated rings. The average molecular weight is 284 g/mol. The first kappa shape index (κ1) is 11.9. The van der Waals surface area contributed by atoms with Crippen LogP contribution in [0, 0.1) is 12.8 Å². The minimum atomic E-state index is 0.470. The molecule has 0 spiro atoms. The highest BCUT2D eigenvalue weighted by atomic mass is 79.9. The second-order valence-electron chi connectivity index (χ2n) is 4.52. The lowest BCUT2D eigenvalue weighted by Crippen LogP contribution is -2.26. The summed E-state index contributed by atoms with van der Waals surface area (Å²) in [5, 5.41) is 3.54. The third kappa shape index (κ3) is 2.77. The molecule has 2 nitrogen and oxygen atoms in total. The van der Waals surface area contributed by atoms with Crippen LogP contribution in [-0.4, -0.2) is 19.3 Å². The van der Waals surface area contributed by atoms with E-state index in [9.17, 15) is 0 Å². The van der Waals surface area contributed by atoms with Crippen molar-refractivity contribution < 1.29 is 4.74 Å². The van der Waals surface area contributed by atoms with Crippen LogP contribution in [0.4, 0.5) is 5.69 Å². The Hall–Kier alpha value is -0.540. The number of benzene rings is 1. The topological polar surface area (TPSA) is 21.3 Å². The van der Waals surface area contributed by atoms with Crippen LogP contribution in [0.3, 0.4) is 0 Å². The van der Waals surface area contributed by atoms with Gasteiger partial charge in [-0.25, -0.2) is 0 Å². The second kappa shape index (κ2) is 5.19. The van der Waals surface area contributed by atoms with Crippen LogP contribution in [0.2, 0.25) is 0 Å². The van der Waals surface area contributed by atoms with E-state index in [1.165, 1.54) is 17.7 Å². The van der Waals surface area contributed by atoms with Gasteiger partial charge >= 0.3 is 0 Å². The van der Waals surface area contributed by atoms with E-state index in [4.69, 9.17) is 4.74 Å². The predicted octanol–water partition coefficient (Wildman–Crippen LogP) is 3.59. The van der Waals surface area contributed by atoms with Crippen LogP contribution < -0.4 is 5.32 Å². The zero-order valence-corrected chi connectivity index (χ0v) is 11.4. The van der Waals surface area contributed by atoms with E-state index in [1.807, 2.05) is 0 Å². The highest BCUT2D eigenvalue weighted by Gasteiger charge is 2.21. The molecule has 2 rings (SSSR count). The van der Waals surface area contributed by atoms with Crippen molar-refractivity contribution in [2.75, 3.05) is 18.5 Å². The molecule has 16 heavy (non-hydrogen) atoms. The number of hydrogen-bond acceptors (Lipinski definition) is 2. The summed E-state index contributed by atoms with van der Waals surface area (Å²) in [5.41, 5.74) is 2.44. The Morgan fingerprint density at radius 3 is 2.94 bits per heavy atom. The van der Waals surface area contributed by atoms with E-state index in [0.717, 1.165) is 17.7 Å². The van der Waals surface area contributed by atoms with Crippen molar-refractivity contribution in [2.24, 2.45) is 5.92 Å². The SMILES string of the molecule is Cc1ccc(NC(C)C2CCOC2)cc1Br. The Balaban J connectivity index is 1.99. The van der Waals surface area contributed by atoms with E-state index in [1.54, 1.807) is 0 Å². The van der Waals surface area contributed by atoms with E-state index in [2.05, 4.69) is 53.3 Å². The van der Waals surface area contributed by atoms with Gasteiger partial charge in [-0.15, -0.1) is 0 Å². The number of rotatable bonds is 3. The van der Waals surface area contributed by atoms with Gasteiger partial charge in [0.25, 0.3) is 0 Å². The number of ether oxygens (including phenoxy) is 1. The summed E-state index contributed by atoms with van der Waals surface area (Å²) in [6.45, 7) is 6.13. The third-order valence-electron chi connectivity index (χ3n) is 3.24. The fraction of sp³-hybridized carbons (Fsp3) is 0.538. The lowest BCUT2D eigenvalue weighted by Gasteiger charge is -2.20. The van der Waals surface area contributed by atoms with Gasteiger partial charge in [0.15, 0.2) is 0 Å². The molecule has 1 aliphatic heterocycles. The van der Waals surface area contributed by atoms with Gasteiger partial charge in [-0.1, -0.05) is 22.0 Å². The molecule has 0 bridgehead atoms. The quantitative estimate of drug-likeness (QED) is 0.915. The zero-order valence-electron chi connectivity index (χ0n) is 9.79. The number of nitrogens with one attached hydrogen (secondary N) is 1. The largest absolute Gasteiger partial charge is 0.382 e. The van der Waals surface area contributed by atoms with Crippen molar-refractivity contribution in [3.8, 4) is 0 Å². The van der Waals surface area contributed by atoms with E-state index >= 15 is 0 Å². The number of aryl methyl sites for hydroxylation is 1. The number of anilines is 1. The van der Waals surface area contributed by atoms with Gasteiger partial charge in [0, 0.05) is 28.7 Å². The van der Waals surface area contributed by atoms with Crippen LogP contribution in [-0.2, 0) is 4.74 Å². The standard InChI is InChI=1S/C13H18BrNO/c1-9-3-4-12(7-13(9)14)15-10(2)11-5-6-16-8-11/h3-4,7,10-11,15H,5-6,8H2,1-2H3. The summed E-state index contributed by atoms with van der Waals surface area (Å²) in [7, 11) is 0. The molecule has 0 amide bonds. The van der Waals surface area contributed by atoms with Crippen molar-refractivity contribution >= 4 is 21.6 Å². The summed E-state index contributed by atoms with van der Waals surface area (Å²) in [4.78, 5) is 0. The van der Waals surface area contributed by atoms with Gasteiger partial charge in [-0.05, 0) is 38.0 Å². The van der Waals surface area contributed by atoms with Crippen LogP contribution >= 0.6 is 15.9 Å². The first-order valence-electron chi connectivity index (χ1n) is 5.77. The molecular weight excluding hydrogens is 266 g/mol. The summed E-state index contributed by atoms with van der Waals surface area (Å²) >= 11 is 3.55. The molecule has 1 aromatic rings. The van der Waals surface area contributed by atoms with Crippen molar-refractivity contribution in [3.05, 3.63) is 28.2 Å². The lowest BCUT2D eigenvalue weighted by atomic mass is 10.0. The third-order valence-corrected chi connectivity index (χ3v) is 4.09. The minimum absolute atomic E-state index is 0.470. The Morgan fingerprint density at radius 1 is 1.50 bits per heavy atom. The summed E-state index contributed by atoms with van der Waals surface area (Å²) in [6, 6.07) is 6.87. The van der Waals surface area contributed by atoms with Crippen LogP contribution in [0.15, 0.2) is 22.7 Å². The first-order chi connectivity index (χ1) is 7.66. The van der Waals surface area contributed by atoms with E-state index < -0.39 is 0 Å². The van der Waals surface area contributed by atoms with Gasteiger partial charge in [0.05, 0.1) is 6.61 Å². The van der Waals surface area contributed by atoms with Crippen LogP contribution in [0.5, 0.6) is 0 Å². The molecule has 88 valence electrons. The molecule has 2 atom stereocenters. The molecule has 1 aromatic carbocycles. The monoisotopic (exact) mass is 283 g/mol. The molecule has 1 saturated heterocycles. The van der Waals surface area contributed by atoms with Crippen molar-refractivity contribution in [1.82, 2.24) is 0 Å². The van der Waals surface area contributed by atoms with Crippen LogP contribution in [0.25, 0.3) is 0 Å². The first-order valence-corrected chi connectivity index (χ1v) is 6.56. The second-order valence-corrected chi connectivity index (χ2v) is 5.37. The molecule has 0 radical (unpaired) electrons. The zero-order chi connectivity index (χ0) is 11.5. The number of halogens is 1. The fourth-order valence-corrected chi connectivity index (χ4v) is 2.39. The maximum Gasteiger partial charge on any atom is 0.0514 e. The van der Waals surface area contributed by atoms with E-state index in [0.29, 0.717) is 12.0 Å². The fourth-order valence-electron chi connectivity index (χ4n) is 2.01. The molecule has 1 N–H and O–H groups in total. The van der Waals surface area contributed by atoms with Crippen molar-refractivity contribution in [1.29, 1.82) is 0 Å². The highest BCUT2D eigenvalue weighted by molar-refractivity contribution is 9.10. The summed E-state index contributed by atoms with van der Waals surface area (Å²) in [5.74, 6) is 0.639.